The Morgan fingerprint density at radius 1 is 1.10 bits per heavy atom. The van der Waals surface area contributed by atoms with Gasteiger partial charge >= 0.3 is 0 Å². The molecule has 0 fully saturated rings. The van der Waals surface area contributed by atoms with Gasteiger partial charge in [-0.25, -0.2) is 0 Å². The monoisotopic (exact) mass is 349 g/mol. The summed E-state index contributed by atoms with van der Waals surface area (Å²) in [7, 11) is 1.65. The van der Waals surface area contributed by atoms with Gasteiger partial charge in [-0.05, 0) is 51.8 Å². The Morgan fingerprint density at radius 2 is 1.86 bits per heavy atom. The zero-order valence-corrected chi connectivity index (χ0v) is 13.9. The molecule has 0 bridgehead atoms. The molecule has 0 aliphatic heterocycles. The second-order valence-electron chi connectivity index (χ2n) is 4.63. The molecule has 3 nitrogen and oxygen atoms in total. The SMILES string of the molecule is CCNCc1ccccc1COc1ccc(OC)cc1Br. The second kappa shape index (κ2) is 8.05. The minimum Gasteiger partial charge on any atom is -0.497 e. The van der Waals surface area contributed by atoms with E-state index in [2.05, 4.69) is 46.4 Å². The number of halogens is 1. The average Bonchev–Trinajstić information content (AvgIpc) is 2.52. The van der Waals surface area contributed by atoms with E-state index >= 15 is 0 Å². The Balaban J connectivity index is 2.06. The van der Waals surface area contributed by atoms with Crippen LogP contribution in [0.3, 0.4) is 0 Å². The first-order valence-corrected chi connectivity index (χ1v) is 7.77. The summed E-state index contributed by atoms with van der Waals surface area (Å²) >= 11 is 3.50. The molecule has 21 heavy (non-hydrogen) atoms. The normalized spacial score (nSPS) is 10.4. The summed E-state index contributed by atoms with van der Waals surface area (Å²) < 4.78 is 12.0. The number of nitrogens with one attached hydrogen (secondary N) is 1. The van der Waals surface area contributed by atoms with Crippen LogP contribution in [0.25, 0.3) is 0 Å². The minimum atomic E-state index is 0.548. The number of rotatable bonds is 7. The molecule has 0 spiro atoms. The molecule has 2 aromatic rings. The van der Waals surface area contributed by atoms with E-state index in [1.165, 1.54) is 11.1 Å². The van der Waals surface area contributed by atoms with Crippen molar-refractivity contribution in [1.29, 1.82) is 0 Å². The van der Waals surface area contributed by atoms with Crippen LogP contribution in [0.2, 0.25) is 0 Å². The van der Waals surface area contributed by atoms with Gasteiger partial charge in [-0.2, -0.15) is 0 Å². The summed E-state index contributed by atoms with van der Waals surface area (Å²) in [5, 5.41) is 3.35. The van der Waals surface area contributed by atoms with Crippen LogP contribution in [0.1, 0.15) is 18.1 Å². The lowest BCUT2D eigenvalue weighted by atomic mass is 10.1. The highest BCUT2D eigenvalue weighted by Crippen LogP contribution is 2.29. The largest absolute Gasteiger partial charge is 0.497 e. The molecule has 0 atom stereocenters. The molecule has 0 aromatic heterocycles. The molecule has 0 saturated heterocycles. The van der Waals surface area contributed by atoms with Crippen molar-refractivity contribution in [3.8, 4) is 11.5 Å². The van der Waals surface area contributed by atoms with Crippen molar-refractivity contribution in [3.05, 3.63) is 58.1 Å². The fourth-order valence-corrected chi connectivity index (χ4v) is 2.48. The van der Waals surface area contributed by atoms with E-state index in [1.807, 2.05) is 24.3 Å². The Labute approximate surface area is 134 Å². The summed E-state index contributed by atoms with van der Waals surface area (Å²) in [6.45, 7) is 4.47. The lowest BCUT2D eigenvalue weighted by Crippen LogP contribution is -2.14. The van der Waals surface area contributed by atoms with Crippen molar-refractivity contribution >= 4 is 15.9 Å². The van der Waals surface area contributed by atoms with Gasteiger partial charge in [0.2, 0.25) is 0 Å². The van der Waals surface area contributed by atoms with E-state index in [-0.39, 0.29) is 0 Å². The predicted molar refractivity (Wildman–Crippen MR) is 88.8 cm³/mol. The van der Waals surface area contributed by atoms with E-state index in [0.717, 1.165) is 29.1 Å². The van der Waals surface area contributed by atoms with Gasteiger partial charge in [-0.15, -0.1) is 0 Å². The van der Waals surface area contributed by atoms with Crippen LogP contribution in [-0.4, -0.2) is 13.7 Å². The molecular weight excluding hydrogens is 330 g/mol. The molecule has 0 aliphatic carbocycles. The maximum atomic E-state index is 5.91. The van der Waals surface area contributed by atoms with Crippen LogP contribution < -0.4 is 14.8 Å². The molecular formula is C17H20BrNO2. The maximum Gasteiger partial charge on any atom is 0.134 e. The van der Waals surface area contributed by atoms with Gasteiger partial charge in [-0.1, -0.05) is 31.2 Å². The van der Waals surface area contributed by atoms with Gasteiger partial charge in [0.15, 0.2) is 0 Å². The summed E-state index contributed by atoms with van der Waals surface area (Å²) in [5.74, 6) is 1.62. The Bertz CT molecular complexity index is 587. The van der Waals surface area contributed by atoms with Crippen LogP contribution in [-0.2, 0) is 13.2 Å². The fraction of sp³-hybridized carbons (Fsp3) is 0.294. The standard InChI is InChI=1S/C17H20BrNO2/c1-3-19-11-13-6-4-5-7-14(13)12-21-17-9-8-15(20-2)10-16(17)18/h4-10,19H,3,11-12H2,1-2H3. The van der Waals surface area contributed by atoms with Crippen molar-refractivity contribution in [1.82, 2.24) is 5.32 Å². The van der Waals surface area contributed by atoms with Gasteiger partial charge in [0.25, 0.3) is 0 Å². The molecule has 0 aliphatic rings. The Kier molecular flexibility index (Phi) is 6.08. The molecule has 2 aromatic carbocycles. The molecule has 0 heterocycles. The van der Waals surface area contributed by atoms with Crippen LogP contribution >= 0.6 is 15.9 Å². The Morgan fingerprint density at radius 3 is 2.52 bits per heavy atom. The van der Waals surface area contributed by atoms with E-state index in [4.69, 9.17) is 9.47 Å². The van der Waals surface area contributed by atoms with E-state index in [0.29, 0.717) is 6.61 Å². The van der Waals surface area contributed by atoms with Crippen molar-refractivity contribution in [3.63, 3.8) is 0 Å². The Hall–Kier alpha value is -1.52. The molecule has 0 radical (unpaired) electrons. The van der Waals surface area contributed by atoms with E-state index in [1.54, 1.807) is 7.11 Å². The molecule has 2 rings (SSSR count). The number of hydrogen-bond donors (Lipinski definition) is 1. The number of ether oxygens (including phenoxy) is 2. The highest BCUT2D eigenvalue weighted by Gasteiger charge is 2.06. The first kappa shape index (κ1) is 15.9. The van der Waals surface area contributed by atoms with Gasteiger partial charge < -0.3 is 14.8 Å². The van der Waals surface area contributed by atoms with Gasteiger partial charge in [-0.3, -0.25) is 0 Å². The van der Waals surface area contributed by atoms with E-state index < -0.39 is 0 Å². The van der Waals surface area contributed by atoms with E-state index in [9.17, 15) is 0 Å². The van der Waals surface area contributed by atoms with Crippen LogP contribution in [0.4, 0.5) is 0 Å². The van der Waals surface area contributed by atoms with Crippen LogP contribution in [0.15, 0.2) is 46.9 Å². The molecule has 0 saturated carbocycles. The average molecular weight is 350 g/mol. The highest BCUT2D eigenvalue weighted by molar-refractivity contribution is 9.10. The number of benzene rings is 2. The van der Waals surface area contributed by atoms with Crippen molar-refractivity contribution in [2.45, 2.75) is 20.1 Å². The predicted octanol–water partition coefficient (Wildman–Crippen LogP) is 4.15. The summed E-state index contributed by atoms with van der Waals surface area (Å²) in [4.78, 5) is 0. The van der Waals surface area contributed by atoms with Crippen molar-refractivity contribution < 1.29 is 9.47 Å². The van der Waals surface area contributed by atoms with Crippen molar-refractivity contribution in [2.24, 2.45) is 0 Å². The topological polar surface area (TPSA) is 30.5 Å². The van der Waals surface area contributed by atoms with Gasteiger partial charge in [0, 0.05) is 6.54 Å². The van der Waals surface area contributed by atoms with Crippen molar-refractivity contribution in [2.75, 3.05) is 13.7 Å². The number of hydrogen-bond acceptors (Lipinski definition) is 3. The molecule has 4 heteroatoms. The molecule has 112 valence electrons. The summed E-state index contributed by atoms with van der Waals surface area (Å²) in [5.41, 5.74) is 2.46. The summed E-state index contributed by atoms with van der Waals surface area (Å²) in [6, 6.07) is 14.0. The molecule has 0 amide bonds. The lowest BCUT2D eigenvalue weighted by molar-refractivity contribution is 0.302. The van der Waals surface area contributed by atoms with Crippen LogP contribution in [0.5, 0.6) is 11.5 Å². The number of methoxy groups -OCH3 is 1. The third kappa shape index (κ3) is 4.48. The van der Waals surface area contributed by atoms with Gasteiger partial charge in [0.1, 0.15) is 18.1 Å². The third-order valence-corrected chi connectivity index (χ3v) is 3.83. The minimum absolute atomic E-state index is 0.548. The third-order valence-electron chi connectivity index (χ3n) is 3.21. The highest BCUT2D eigenvalue weighted by atomic mass is 79.9. The smallest absolute Gasteiger partial charge is 0.134 e. The molecule has 0 unspecified atom stereocenters. The second-order valence-corrected chi connectivity index (χ2v) is 5.49. The summed E-state index contributed by atoms with van der Waals surface area (Å²) in [6.07, 6.45) is 0. The lowest BCUT2D eigenvalue weighted by Gasteiger charge is -2.13. The van der Waals surface area contributed by atoms with Gasteiger partial charge in [0.05, 0.1) is 11.6 Å². The quantitative estimate of drug-likeness (QED) is 0.814. The fourth-order valence-electron chi connectivity index (χ4n) is 2.01. The zero-order valence-electron chi connectivity index (χ0n) is 12.4. The first-order valence-electron chi connectivity index (χ1n) is 6.98. The maximum absolute atomic E-state index is 5.91. The molecule has 1 N–H and O–H groups in total. The zero-order chi connectivity index (χ0) is 15.1. The van der Waals surface area contributed by atoms with Crippen LogP contribution in [0, 0.1) is 0 Å². The first-order chi connectivity index (χ1) is 10.2.